The average Bonchev–Trinajstić information content (AvgIpc) is 2.19. The summed E-state index contributed by atoms with van der Waals surface area (Å²) in [6.45, 7) is 8.63. The molecule has 0 amide bonds. The van der Waals surface area contributed by atoms with Crippen LogP contribution in [-0.4, -0.2) is 5.72 Å². The summed E-state index contributed by atoms with van der Waals surface area (Å²) in [5.41, 5.74) is 2.22. The Labute approximate surface area is 104 Å². The van der Waals surface area contributed by atoms with Gasteiger partial charge >= 0.3 is 0 Å². The van der Waals surface area contributed by atoms with E-state index >= 15 is 0 Å². The fraction of sp³-hybridized carbons (Fsp3) is 0.467. The van der Waals surface area contributed by atoms with E-state index in [1.807, 2.05) is 6.26 Å². The zero-order chi connectivity index (χ0) is 12.5. The highest BCUT2D eigenvalue weighted by molar-refractivity contribution is 5.46. The van der Waals surface area contributed by atoms with E-state index in [9.17, 15) is 0 Å². The molecule has 0 saturated carbocycles. The molecule has 0 radical (unpaired) electrons. The topological polar surface area (TPSA) is 21.3 Å². The molecule has 1 aliphatic heterocycles. The summed E-state index contributed by atoms with van der Waals surface area (Å²) in [5.74, 6) is 0. The number of allylic oxidation sites excluding steroid dienone is 1. The molecule has 1 atom stereocenters. The van der Waals surface area contributed by atoms with Gasteiger partial charge in [0.15, 0.2) is 5.72 Å². The Kier molecular flexibility index (Phi) is 2.90. The van der Waals surface area contributed by atoms with Crippen molar-refractivity contribution in [2.45, 2.75) is 39.8 Å². The Morgan fingerprint density at radius 2 is 1.76 bits per heavy atom. The highest BCUT2D eigenvalue weighted by Crippen LogP contribution is 2.36. The first-order valence-corrected chi connectivity index (χ1v) is 6.09. The van der Waals surface area contributed by atoms with Crippen molar-refractivity contribution in [3.05, 3.63) is 42.2 Å². The molecule has 2 nitrogen and oxygen atoms in total. The molecule has 92 valence electrons. The van der Waals surface area contributed by atoms with Gasteiger partial charge in [-0.15, -0.1) is 0 Å². The van der Waals surface area contributed by atoms with E-state index in [2.05, 4.69) is 63.4 Å². The molecular weight excluding hydrogens is 210 g/mol. The van der Waals surface area contributed by atoms with Gasteiger partial charge in [0.05, 0.1) is 6.26 Å². The van der Waals surface area contributed by atoms with Gasteiger partial charge in [0.25, 0.3) is 0 Å². The molecule has 2 rings (SSSR count). The largest absolute Gasteiger partial charge is 0.476 e. The lowest BCUT2D eigenvalue weighted by atomic mass is 9.83. The minimum atomic E-state index is -0.326. The van der Waals surface area contributed by atoms with Crippen LogP contribution in [0.3, 0.4) is 0 Å². The van der Waals surface area contributed by atoms with Crippen molar-refractivity contribution in [2.75, 3.05) is 5.32 Å². The van der Waals surface area contributed by atoms with Crippen LogP contribution in [0.2, 0.25) is 0 Å². The van der Waals surface area contributed by atoms with Crippen molar-refractivity contribution in [1.29, 1.82) is 0 Å². The van der Waals surface area contributed by atoms with Crippen molar-refractivity contribution >= 4 is 5.69 Å². The van der Waals surface area contributed by atoms with Gasteiger partial charge in [-0.05, 0) is 37.5 Å². The Morgan fingerprint density at radius 3 is 2.35 bits per heavy atom. The first kappa shape index (κ1) is 12.0. The lowest BCUT2D eigenvalue weighted by Crippen LogP contribution is -2.42. The summed E-state index contributed by atoms with van der Waals surface area (Å²) in [5, 5.41) is 3.47. The van der Waals surface area contributed by atoms with Crippen molar-refractivity contribution < 1.29 is 4.74 Å². The number of nitrogens with one attached hydrogen (secondary N) is 1. The first-order chi connectivity index (χ1) is 7.89. The summed E-state index contributed by atoms with van der Waals surface area (Å²) in [7, 11) is 0. The number of ether oxygens (including phenoxy) is 1. The second-order valence-electron chi connectivity index (χ2n) is 5.81. The minimum absolute atomic E-state index is 0.171. The van der Waals surface area contributed by atoms with Gasteiger partial charge in [-0.25, -0.2) is 0 Å². The molecule has 1 aromatic rings. The number of benzene rings is 1. The number of rotatable bonds is 2. The first-order valence-electron chi connectivity index (χ1n) is 6.09. The molecule has 0 aromatic heterocycles. The molecule has 1 N–H and O–H groups in total. The number of hydrogen-bond donors (Lipinski definition) is 1. The average molecular weight is 231 g/mol. The van der Waals surface area contributed by atoms with Gasteiger partial charge in [0, 0.05) is 12.1 Å². The van der Waals surface area contributed by atoms with Crippen LogP contribution in [0.25, 0.3) is 0 Å². The molecule has 0 aliphatic carbocycles. The Morgan fingerprint density at radius 1 is 1.12 bits per heavy atom. The quantitative estimate of drug-likeness (QED) is 0.828. The number of aryl methyl sites for hydroxylation is 1. The molecule has 1 aromatic carbocycles. The predicted octanol–water partition coefficient (Wildman–Crippen LogP) is 4.08. The maximum absolute atomic E-state index is 5.74. The summed E-state index contributed by atoms with van der Waals surface area (Å²) in [4.78, 5) is 0. The minimum Gasteiger partial charge on any atom is -0.476 e. The fourth-order valence-electron chi connectivity index (χ4n) is 2.35. The molecule has 1 unspecified atom stereocenters. The number of hydrogen-bond acceptors (Lipinski definition) is 2. The Balaban J connectivity index is 2.13. The Bertz CT molecular complexity index is 419. The van der Waals surface area contributed by atoms with Crippen LogP contribution in [0, 0.1) is 12.3 Å². The van der Waals surface area contributed by atoms with Crippen LogP contribution in [0.5, 0.6) is 0 Å². The van der Waals surface area contributed by atoms with E-state index in [0.717, 1.165) is 12.1 Å². The van der Waals surface area contributed by atoms with E-state index in [1.54, 1.807) is 0 Å². The van der Waals surface area contributed by atoms with E-state index in [1.165, 1.54) is 5.56 Å². The summed E-state index contributed by atoms with van der Waals surface area (Å²) in [6, 6.07) is 8.40. The van der Waals surface area contributed by atoms with E-state index in [0.29, 0.717) is 0 Å². The highest BCUT2D eigenvalue weighted by atomic mass is 16.5. The summed E-state index contributed by atoms with van der Waals surface area (Å²) in [6.07, 6.45) is 4.88. The lowest BCUT2D eigenvalue weighted by Gasteiger charge is -2.40. The van der Waals surface area contributed by atoms with Crippen molar-refractivity contribution in [3.63, 3.8) is 0 Å². The maximum atomic E-state index is 5.74. The van der Waals surface area contributed by atoms with Gasteiger partial charge in [0.2, 0.25) is 0 Å². The third-order valence-corrected chi connectivity index (χ3v) is 3.10. The lowest BCUT2D eigenvalue weighted by molar-refractivity contribution is 0.0151. The van der Waals surface area contributed by atoms with Crippen LogP contribution in [0.15, 0.2) is 36.6 Å². The molecule has 0 bridgehead atoms. The SMILES string of the molecule is Cc1ccc(NC2(C)CC(C)(C)C=CO2)cc1. The smallest absolute Gasteiger partial charge is 0.177 e. The number of anilines is 1. The molecule has 1 heterocycles. The molecule has 1 aliphatic rings. The highest BCUT2D eigenvalue weighted by Gasteiger charge is 2.35. The van der Waals surface area contributed by atoms with Crippen molar-refractivity contribution in [1.82, 2.24) is 0 Å². The zero-order valence-corrected chi connectivity index (χ0v) is 11.1. The van der Waals surface area contributed by atoms with Gasteiger partial charge in [0.1, 0.15) is 0 Å². The summed E-state index contributed by atoms with van der Waals surface area (Å²) >= 11 is 0. The van der Waals surface area contributed by atoms with E-state index in [4.69, 9.17) is 4.74 Å². The third-order valence-electron chi connectivity index (χ3n) is 3.10. The van der Waals surface area contributed by atoms with E-state index < -0.39 is 0 Å². The maximum Gasteiger partial charge on any atom is 0.177 e. The van der Waals surface area contributed by atoms with Crippen molar-refractivity contribution in [3.8, 4) is 0 Å². The van der Waals surface area contributed by atoms with E-state index in [-0.39, 0.29) is 11.1 Å². The molecule has 17 heavy (non-hydrogen) atoms. The molecule has 0 fully saturated rings. The predicted molar refractivity (Wildman–Crippen MR) is 71.8 cm³/mol. The van der Waals surface area contributed by atoms with Crippen LogP contribution in [0.1, 0.15) is 32.8 Å². The molecule has 0 saturated heterocycles. The van der Waals surface area contributed by atoms with Gasteiger partial charge < -0.3 is 10.1 Å². The normalized spacial score (nSPS) is 26.4. The van der Waals surface area contributed by atoms with Gasteiger partial charge in [-0.1, -0.05) is 31.5 Å². The van der Waals surface area contributed by atoms with Gasteiger partial charge in [-0.3, -0.25) is 0 Å². The Hall–Kier alpha value is -1.44. The van der Waals surface area contributed by atoms with Crippen LogP contribution < -0.4 is 5.32 Å². The fourth-order valence-corrected chi connectivity index (χ4v) is 2.35. The second kappa shape index (κ2) is 4.10. The monoisotopic (exact) mass is 231 g/mol. The second-order valence-corrected chi connectivity index (χ2v) is 5.81. The summed E-state index contributed by atoms with van der Waals surface area (Å²) < 4.78 is 5.74. The van der Waals surface area contributed by atoms with Crippen molar-refractivity contribution in [2.24, 2.45) is 5.41 Å². The van der Waals surface area contributed by atoms with Crippen LogP contribution in [-0.2, 0) is 4.74 Å². The van der Waals surface area contributed by atoms with Crippen LogP contribution in [0.4, 0.5) is 5.69 Å². The zero-order valence-electron chi connectivity index (χ0n) is 11.1. The molecule has 2 heteroatoms. The molecular formula is C15H21NO. The third kappa shape index (κ3) is 3.02. The molecule has 0 spiro atoms. The standard InChI is InChI=1S/C15H21NO/c1-12-5-7-13(8-6-12)16-15(4)11-14(2,3)9-10-17-15/h5-10,16H,11H2,1-4H3. The van der Waals surface area contributed by atoms with Gasteiger partial charge in [-0.2, -0.15) is 0 Å². The van der Waals surface area contributed by atoms with Crippen LogP contribution >= 0.6 is 0 Å².